The Hall–Kier alpha value is -3.38. The van der Waals surface area contributed by atoms with Gasteiger partial charge in [0.2, 0.25) is 0 Å². The highest BCUT2D eigenvalue weighted by molar-refractivity contribution is 6.06. The molecule has 1 aliphatic rings. The number of carbonyl (C=O) groups excluding carboxylic acids is 1. The molecule has 1 amide bonds. The number of piperidine rings is 1. The Morgan fingerprint density at radius 3 is 2.06 bits per heavy atom. The molecule has 5 nitrogen and oxygen atoms in total. The molecule has 3 aromatic carbocycles. The summed E-state index contributed by atoms with van der Waals surface area (Å²) < 4.78 is 24.3. The van der Waals surface area contributed by atoms with Crippen LogP contribution < -0.4 is 14.4 Å². The number of hydrogen-bond donors (Lipinski definition) is 0. The van der Waals surface area contributed by atoms with Gasteiger partial charge in [0.15, 0.2) is 0 Å². The highest BCUT2D eigenvalue weighted by Crippen LogP contribution is 2.29. The van der Waals surface area contributed by atoms with E-state index in [0.29, 0.717) is 5.56 Å². The van der Waals surface area contributed by atoms with Crippen molar-refractivity contribution in [1.29, 1.82) is 0 Å². The first kappa shape index (κ1) is 24.7. The molecule has 1 heterocycles. The minimum Gasteiger partial charge on any atom is -0.497 e. The van der Waals surface area contributed by atoms with Crippen molar-refractivity contribution in [3.63, 3.8) is 0 Å². The van der Waals surface area contributed by atoms with E-state index in [9.17, 15) is 9.18 Å². The van der Waals surface area contributed by atoms with Crippen LogP contribution in [0.25, 0.3) is 0 Å². The normalized spacial score (nSPS) is 14.5. The zero-order valence-electron chi connectivity index (χ0n) is 20.7. The monoisotopic (exact) mass is 476 g/mol. The van der Waals surface area contributed by atoms with Gasteiger partial charge in [-0.1, -0.05) is 19.1 Å². The molecule has 0 unspecified atom stereocenters. The second kappa shape index (κ2) is 11.4. The van der Waals surface area contributed by atoms with Gasteiger partial charge in [-0.3, -0.25) is 9.69 Å². The number of amides is 1. The lowest BCUT2D eigenvalue weighted by Gasteiger charge is -2.39. The summed E-state index contributed by atoms with van der Waals surface area (Å²) in [5.41, 5.74) is 3.74. The summed E-state index contributed by atoms with van der Waals surface area (Å²) in [4.78, 5) is 17.9. The summed E-state index contributed by atoms with van der Waals surface area (Å²) in [7, 11) is 3.31. The molecule has 6 heteroatoms. The first-order valence-electron chi connectivity index (χ1n) is 12.1. The molecule has 0 radical (unpaired) electrons. The van der Waals surface area contributed by atoms with Crippen LogP contribution in [-0.2, 0) is 13.0 Å². The number of nitrogens with zero attached hydrogens (tertiary/aromatic N) is 2. The molecule has 0 saturated carbocycles. The van der Waals surface area contributed by atoms with Crippen LogP contribution >= 0.6 is 0 Å². The Morgan fingerprint density at radius 1 is 0.914 bits per heavy atom. The number of methoxy groups -OCH3 is 2. The lowest BCUT2D eigenvalue weighted by Crippen LogP contribution is -2.47. The Bertz CT molecular complexity index is 1100. The van der Waals surface area contributed by atoms with Gasteiger partial charge in [-0.15, -0.1) is 0 Å². The standard InChI is InChI=1S/C29H33FN2O3/c1-4-21-5-11-25(12-6-21)32(29(33)23-7-9-24(30)10-8-23)26-13-15-31(16-14-26)20-22-17-27(34-2)19-28(18-22)35-3/h5-12,17-19,26H,4,13-16,20H2,1-3H3. The second-order valence-electron chi connectivity index (χ2n) is 8.93. The Morgan fingerprint density at radius 2 is 1.51 bits per heavy atom. The Labute approximate surface area is 207 Å². The van der Waals surface area contributed by atoms with Crippen LogP contribution in [0.3, 0.4) is 0 Å². The summed E-state index contributed by atoms with van der Waals surface area (Å²) in [6.07, 6.45) is 2.65. The number of hydrogen-bond acceptors (Lipinski definition) is 4. The number of ether oxygens (including phenoxy) is 2. The van der Waals surface area contributed by atoms with E-state index in [4.69, 9.17) is 9.47 Å². The third-order valence-corrected chi connectivity index (χ3v) is 6.67. The zero-order valence-corrected chi connectivity index (χ0v) is 20.7. The number of rotatable bonds is 8. The van der Waals surface area contributed by atoms with Gasteiger partial charge in [0.1, 0.15) is 17.3 Å². The summed E-state index contributed by atoms with van der Waals surface area (Å²) in [5.74, 6) is 1.12. The van der Waals surface area contributed by atoms with E-state index in [-0.39, 0.29) is 17.8 Å². The fraction of sp³-hybridized carbons (Fsp3) is 0.345. The van der Waals surface area contributed by atoms with Crippen LogP contribution in [0.2, 0.25) is 0 Å². The lowest BCUT2D eigenvalue weighted by atomic mass is 9.99. The van der Waals surface area contributed by atoms with E-state index < -0.39 is 0 Å². The van der Waals surface area contributed by atoms with E-state index in [1.807, 2.05) is 35.2 Å². The molecular formula is C29H33FN2O3. The average Bonchev–Trinajstić information content (AvgIpc) is 2.90. The van der Waals surface area contributed by atoms with Gasteiger partial charge < -0.3 is 14.4 Å². The van der Waals surface area contributed by atoms with Crippen LogP contribution in [0.15, 0.2) is 66.7 Å². The van der Waals surface area contributed by atoms with Crippen molar-refractivity contribution in [2.75, 3.05) is 32.2 Å². The number of halogens is 1. The maximum Gasteiger partial charge on any atom is 0.258 e. The van der Waals surface area contributed by atoms with Crippen LogP contribution in [0, 0.1) is 5.82 Å². The van der Waals surface area contributed by atoms with E-state index in [2.05, 4.69) is 24.0 Å². The van der Waals surface area contributed by atoms with Crippen LogP contribution in [0.1, 0.15) is 41.3 Å². The molecule has 1 fully saturated rings. The smallest absolute Gasteiger partial charge is 0.258 e. The third kappa shape index (κ3) is 6.01. The van der Waals surface area contributed by atoms with Crippen LogP contribution in [-0.4, -0.2) is 44.2 Å². The molecule has 1 saturated heterocycles. The fourth-order valence-corrected chi connectivity index (χ4v) is 4.67. The number of carbonyl (C=O) groups is 1. The predicted molar refractivity (Wildman–Crippen MR) is 137 cm³/mol. The fourth-order valence-electron chi connectivity index (χ4n) is 4.67. The van der Waals surface area contributed by atoms with E-state index >= 15 is 0 Å². The lowest BCUT2D eigenvalue weighted by molar-refractivity contribution is 0.0958. The highest BCUT2D eigenvalue weighted by atomic mass is 19.1. The molecule has 0 bridgehead atoms. The molecular weight excluding hydrogens is 443 g/mol. The molecule has 0 aromatic heterocycles. The first-order chi connectivity index (χ1) is 17.0. The van der Waals surface area contributed by atoms with Gasteiger partial charge >= 0.3 is 0 Å². The van der Waals surface area contributed by atoms with E-state index in [1.54, 1.807) is 26.4 Å². The number of likely N-dealkylation sites (tertiary alicyclic amines) is 1. The zero-order chi connectivity index (χ0) is 24.8. The van der Waals surface area contributed by atoms with Gasteiger partial charge in [0.25, 0.3) is 5.91 Å². The molecule has 184 valence electrons. The summed E-state index contributed by atoms with van der Waals surface area (Å²) in [6.45, 7) is 4.64. The summed E-state index contributed by atoms with van der Waals surface area (Å²) in [5, 5.41) is 0. The minimum atomic E-state index is -0.345. The molecule has 0 atom stereocenters. The number of aryl methyl sites for hydroxylation is 1. The quantitative estimate of drug-likeness (QED) is 0.417. The van der Waals surface area contributed by atoms with E-state index in [0.717, 1.165) is 61.6 Å². The second-order valence-corrected chi connectivity index (χ2v) is 8.93. The molecule has 3 aromatic rings. The molecule has 4 rings (SSSR count). The van der Waals surface area contributed by atoms with E-state index in [1.165, 1.54) is 17.7 Å². The molecule has 1 aliphatic heterocycles. The Balaban J connectivity index is 1.51. The van der Waals surface area contributed by atoms with Crippen molar-refractivity contribution in [2.24, 2.45) is 0 Å². The molecule has 0 N–H and O–H groups in total. The summed E-state index contributed by atoms with van der Waals surface area (Å²) >= 11 is 0. The largest absolute Gasteiger partial charge is 0.497 e. The van der Waals surface area contributed by atoms with Crippen LogP contribution in [0.4, 0.5) is 10.1 Å². The van der Waals surface area contributed by atoms with Crippen molar-refractivity contribution in [3.8, 4) is 11.5 Å². The maximum absolute atomic E-state index is 13.6. The SMILES string of the molecule is CCc1ccc(N(C(=O)c2ccc(F)cc2)C2CCN(Cc3cc(OC)cc(OC)c3)CC2)cc1. The average molecular weight is 477 g/mol. The first-order valence-corrected chi connectivity index (χ1v) is 12.1. The van der Waals surface area contributed by atoms with Crippen molar-refractivity contribution >= 4 is 11.6 Å². The molecule has 0 aliphatic carbocycles. The summed E-state index contributed by atoms with van der Waals surface area (Å²) in [6, 6.07) is 20.0. The molecule has 0 spiro atoms. The maximum atomic E-state index is 13.6. The van der Waals surface area contributed by atoms with Crippen molar-refractivity contribution in [1.82, 2.24) is 4.90 Å². The van der Waals surface area contributed by atoms with Gasteiger partial charge in [0, 0.05) is 43.0 Å². The van der Waals surface area contributed by atoms with Crippen LogP contribution in [0.5, 0.6) is 11.5 Å². The Kier molecular flexibility index (Phi) is 8.03. The molecule has 35 heavy (non-hydrogen) atoms. The number of anilines is 1. The van der Waals surface area contributed by atoms with Crippen molar-refractivity contribution in [2.45, 2.75) is 38.8 Å². The van der Waals surface area contributed by atoms with Gasteiger partial charge in [-0.05, 0) is 78.9 Å². The predicted octanol–water partition coefficient (Wildman–Crippen LogP) is 5.72. The highest BCUT2D eigenvalue weighted by Gasteiger charge is 2.30. The topological polar surface area (TPSA) is 42.0 Å². The van der Waals surface area contributed by atoms with Crippen molar-refractivity contribution < 1.29 is 18.7 Å². The van der Waals surface area contributed by atoms with Gasteiger partial charge in [-0.2, -0.15) is 0 Å². The van der Waals surface area contributed by atoms with Gasteiger partial charge in [-0.25, -0.2) is 4.39 Å². The van der Waals surface area contributed by atoms with Gasteiger partial charge in [0.05, 0.1) is 14.2 Å². The third-order valence-electron chi connectivity index (χ3n) is 6.67. The van der Waals surface area contributed by atoms with Crippen molar-refractivity contribution in [3.05, 3.63) is 89.2 Å². The minimum absolute atomic E-state index is 0.0659. The number of benzene rings is 3.